The second kappa shape index (κ2) is 7.65. The minimum atomic E-state index is -0.0506. The van der Waals surface area contributed by atoms with E-state index in [4.69, 9.17) is 16.9 Å². The van der Waals surface area contributed by atoms with E-state index < -0.39 is 0 Å². The summed E-state index contributed by atoms with van der Waals surface area (Å²) in [6.07, 6.45) is 8.27. The molecule has 2 aromatic heterocycles. The number of rotatable bonds is 5. The highest BCUT2D eigenvalue weighted by atomic mass is 35.5. The number of nitrogens with zero attached hydrogens (tertiary/aromatic N) is 4. The van der Waals surface area contributed by atoms with Gasteiger partial charge in [-0.1, -0.05) is 24.9 Å². The average molecular weight is 434 g/mol. The molecule has 3 aromatic rings. The van der Waals surface area contributed by atoms with E-state index >= 15 is 0 Å². The Morgan fingerprint density at radius 2 is 2.10 bits per heavy atom. The number of benzene rings is 1. The lowest BCUT2D eigenvalue weighted by molar-refractivity contribution is -0.117. The summed E-state index contributed by atoms with van der Waals surface area (Å²) in [7, 11) is 1.89. The highest BCUT2D eigenvalue weighted by Gasteiger charge is 2.54. The Hall–Kier alpha value is -2.91. The number of hydrogen-bond donors (Lipinski definition) is 1. The Morgan fingerprint density at radius 3 is 2.77 bits per heavy atom. The Morgan fingerprint density at radius 1 is 1.29 bits per heavy atom. The molecule has 3 atom stereocenters. The van der Waals surface area contributed by atoms with E-state index in [0.29, 0.717) is 17.7 Å². The van der Waals surface area contributed by atoms with Crippen LogP contribution in [0.3, 0.4) is 0 Å². The van der Waals surface area contributed by atoms with Gasteiger partial charge < -0.3 is 5.32 Å². The molecule has 2 fully saturated rings. The molecule has 2 aliphatic carbocycles. The van der Waals surface area contributed by atoms with E-state index in [2.05, 4.69) is 34.5 Å². The van der Waals surface area contributed by atoms with Crippen molar-refractivity contribution in [2.75, 3.05) is 5.32 Å². The molecule has 0 bridgehead atoms. The van der Waals surface area contributed by atoms with Crippen LogP contribution >= 0.6 is 11.6 Å². The molecule has 0 saturated heterocycles. The van der Waals surface area contributed by atoms with Crippen LogP contribution in [0.15, 0.2) is 36.8 Å². The number of nitrogens with one attached hydrogen (secondary N) is 1. The van der Waals surface area contributed by atoms with Crippen molar-refractivity contribution < 1.29 is 4.79 Å². The molecule has 31 heavy (non-hydrogen) atoms. The maximum Gasteiger partial charge on any atom is 0.229 e. The van der Waals surface area contributed by atoms with Crippen LogP contribution < -0.4 is 5.32 Å². The molecule has 2 saturated carbocycles. The van der Waals surface area contributed by atoms with E-state index in [1.165, 1.54) is 0 Å². The number of aromatic nitrogens is 3. The van der Waals surface area contributed by atoms with Gasteiger partial charge in [0.1, 0.15) is 5.82 Å². The number of hydrogen-bond acceptors (Lipinski definition) is 4. The second-order valence-electron chi connectivity index (χ2n) is 8.85. The Bertz CT molecular complexity index is 1210. The normalized spacial score (nSPS) is 26.8. The number of halogens is 1. The minimum absolute atomic E-state index is 0.0117. The van der Waals surface area contributed by atoms with Gasteiger partial charge in [-0.25, -0.2) is 4.98 Å². The molecule has 2 aliphatic rings. The van der Waals surface area contributed by atoms with Gasteiger partial charge in [0, 0.05) is 47.6 Å². The molecule has 1 N–H and O–H groups in total. The predicted molar refractivity (Wildman–Crippen MR) is 120 cm³/mol. The third-order valence-electron chi connectivity index (χ3n) is 6.90. The van der Waals surface area contributed by atoms with Gasteiger partial charge in [-0.05, 0) is 59.4 Å². The first-order valence-electron chi connectivity index (χ1n) is 10.8. The maximum atomic E-state index is 13.0. The van der Waals surface area contributed by atoms with E-state index in [1.807, 2.05) is 31.6 Å². The molecular weight excluding hydrogens is 410 g/mol. The fraction of sp³-hybridized carbons (Fsp3) is 0.417. The zero-order chi connectivity index (χ0) is 21.7. The molecule has 0 aliphatic heterocycles. The summed E-state index contributed by atoms with van der Waals surface area (Å²) in [6.45, 7) is 2.12. The van der Waals surface area contributed by atoms with E-state index in [-0.39, 0.29) is 23.7 Å². The molecule has 7 heteroatoms. The van der Waals surface area contributed by atoms with Gasteiger partial charge in [-0.2, -0.15) is 10.4 Å². The number of carbonyl (C=O) groups is 1. The lowest BCUT2D eigenvalue weighted by Gasteiger charge is -2.31. The van der Waals surface area contributed by atoms with Crippen LogP contribution in [-0.2, 0) is 11.8 Å². The van der Waals surface area contributed by atoms with E-state index in [0.717, 1.165) is 46.2 Å². The van der Waals surface area contributed by atoms with Crippen molar-refractivity contribution in [3.05, 3.63) is 52.9 Å². The summed E-state index contributed by atoms with van der Waals surface area (Å²) in [4.78, 5) is 17.4. The zero-order valence-corrected chi connectivity index (χ0v) is 18.3. The lowest BCUT2D eigenvalue weighted by Crippen LogP contribution is -2.20. The predicted octanol–water partition coefficient (Wildman–Crippen LogP) is 5.02. The zero-order valence-electron chi connectivity index (χ0n) is 17.5. The summed E-state index contributed by atoms with van der Waals surface area (Å²) < 4.78 is 1.78. The highest BCUT2D eigenvalue weighted by molar-refractivity contribution is 6.32. The Kier molecular flexibility index (Phi) is 4.94. The van der Waals surface area contributed by atoms with Crippen LogP contribution in [-0.4, -0.2) is 20.7 Å². The number of amides is 1. The standard InChI is InChI=1S/C24H24ClN5O/c1-3-18-22(17-11-28-30(2)12-17)23(18)24(31)29-21-8-14-6-19(15-4-13(5-15)9-26)20(25)7-16(14)10-27-21/h6-8,10-13,15,18,22-23H,3-5H2,1-2H3,(H,27,29,31)/t13?,15?,18-,22+,23+/m1/s1. The number of carbonyl (C=O) groups excluding carboxylic acids is 1. The topological polar surface area (TPSA) is 83.6 Å². The molecule has 6 nitrogen and oxygen atoms in total. The molecular formula is C24H24ClN5O. The largest absolute Gasteiger partial charge is 0.310 e. The summed E-state index contributed by atoms with van der Waals surface area (Å²) in [5.41, 5.74) is 2.20. The molecule has 0 spiro atoms. The van der Waals surface area contributed by atoms with Gasteiger partial charge in [0.25, 0.3) is 0 Å². The van der Waals surface area contributed by atoms with E-state index in [9.17, 15) is 4.79 Å². The first-order chi connectivity index (χ1) is 15.0. The third kappa shape index (κ3) is 3.57. The van der Waals surface area contributed by atoms with Gasteiger partial charge >= 0.3 is 0 Å². The van der Waals surface area contributed by atoms with Crippen LogP contribution in [0.1, 0.15) is 49.1 Å². The fourth-order valence-corrected chi connectivity index (χ4v) is 5.38. The highest BCUT2D eigenvalue weighted by Crippen LogP contribution is 2.56. The van der Waals surface area contributed by atoms with Crippen molar-refractivity contribution in [2.45, 2.75) is 38.0 Å². The molecule has 1 amide bonds. The molecule has 158 valence electrons. The van der Waals surface area contributed by atoms with Gasteiger partial charge in [-0.3, -0.25) is 9.48 Å². The van der Waals surface area contributed by atoms with Gasteiger partial charge in [0.05, 0.1) is 12.3 Å². The molecule has 0 radical (unpaired) electrons. The second-order valence-corrected chi connectivity index (χ2v) is 9.25. The van der Waals surface area contributed by atoms with Gasteiger partial charge in [0.2, 0.25) is 5.91 Å². The molecule has 1 aromatic carbocycles. The Labute approximate surface area is 186 Å². The average Bonchev–Trinajstić information content (AvgIpc) is 3.31. The van der Waals surface area contributed by atoms with Crippen LogP contribution in [0.5, 0.6) is 0 Å². The summed E-state index contributed by atoms with van der Waals surface area (Å²) in [6, 6.07) is 8.25. The Balaban J connectivity index is 1.35. The van der Waals surface area contributed by atoms with Crippen molar-refractivity contribution in [3.8, 4) is 6.07 Å². The number of fused-ring (bicyclic) bond motifs is 1. The van der Waals surface area contributed by atoms with Crippen LogP contribution in [0, 0.1) is 29.1 Å². The number of nitriles is 1. The van der Waals surface area contributed by atoms with Crippen LogP contribution in [0.2, 0.25) is 5.02 Å². The van der Waals surface area contributed by atoms with Gasteiger partial charge in [-0.15, -0.1) is 0 Å². The minimum Gasteiger partial charge on any atom is -0.310 e. The SMILES string of the molecule is CC[C@H]1[C@H](C(=O)Nc2cc3cc(C4CC(C#N)C4)c(Cl)cc3cn2)[C@H]1c1cnn(C)c1. The number of pyridine rings is 1. The molecule has 0 unspecified atom stereocenters. The van der Waals surface area contributed by atoms with Crippen molar-refractivity contribution >= 4 is 34.1 Å². The number of aryl methyl sites for hydroxylation is 1. The van der Waals surface area contributed by atoms with Crippen molar-refractivity contribution in [1.29, 1.82) is 5.26 Å². The summed E-state index contributed by atoms with van der Waals surface area (Å²) in [5, 5.41) is 19.0. The smallest absolute Gasteiger partial charge is 0.229 e. The van der Waals surface area contributed by atoms with Crippen molar-refractivity contribution in [1.82, 2.24) is 14.8 Å². The monoisotopic (exact) mass is 433 g/mol. The van der Waals surface area contributed by atoms with Gasteiger partial charge in [0.15, 0.2) is 0 Å². The summed E-state index contributed by atoms with van der Waals surface area (Å²) >= 11 is 6.50. The van der Waals surface area contributed by atoms with Crippen molar-refractivity contribution in [3.63, 3.8) is 0 Å². The van der Waals surface area contributed by atoms with Crippen LogP contribution in [0.4, 0.5) is 5.82 Å². The first kappa shape index (κ1) is 20.0. The summed E-state index contributed by atoms with van der Waals surface area (Å²) in [5.74, 6) is 1.52. The molecule has 5 rings (SSSR count). The van der Waals surface area contributed by atoms with Crippen molar-refractivity contribution in [2.24, 2.45) is 24.8 Å². The maximum absolute atomic E-state index is 13.0. The quantitative estimate of drug-likeness (QED) is 0.612. The van der Waals surface area contributed by atoms with E-state index in [1.54, 1.807) is 10.9 Å². The number of anilines is 1. The fourth-order valence-electron chi connectivity index (χ4n) is 5.06. The van der Waals surface area contributed by atoms with Crippen LogP contribution in [0.25, 0.3) is 10.8 Å². The third-order valence-corrected chi connectivity index (χ3v) is 7.23. The lowest BCUT2D eigenvalue weighted by atomic mass is 9.72. The molecule has 2 heterocycles. The first-order valence-corrected chi connectivity index (χ1v) is 11.1.